The average Bonchev–Trinajstić information content (AvgIpc) is 3.20. The van der Waals surface area contributed by atoms with Crippen LogP contribution in [0, 0.1) is 0 Å². The van der Waals surface area contributed by atoms with Crippen LogP contribution in [-0.4, -0.2) is 36.0 Å². The number of nitrogens with zero attached hydrogens (tertiary/aromatic N) is 4. The van der Waals surface area contributed by atoms with Gasteiger partial charge < -0.3 is 5.32 Å². The quantitative estimate of drug-likeness (QED) is 0.481. The smallest absolute Gasteiger partial charge is 0.264 e. The fourth-order valence-electron chi connectivity index (χ4n) is 3.04. The van der Waals surface area contributed by atoms with E-state index in [9.17, 15) is 13.2 Å². The normalized spacial score (nSPS) is 11.4. The van der Waals surface area contributed by atoms with Gasteiger partial charge in [-0.15, -0.1) is 10.2 Å². The first kappa shape index (κ1) is 20.8. The number of benzene rings is 2. The second kappa shape index (κ2) is 8.37. The van der Waals surface area contributed by atoms with E-state index in [2.05, 4.69) is 15.5 Å². The Kier molecular flexibility index (Phi) is 5.62. The summed E-state index contributed by atoms with van der Waals surface area (Å²) in [7, 11) is -2.45. The van der Waals surface area contributed by atoms with Crippen LogP contribution in [0.25, 0.3) is 5.65 Å². The van der Waals surface area contributed by atoms with Crippen molar-refractivity contribution in [3.8, 4) is 0 Å². The number of carbonyl (C=O) groups is 1. The number of aromatic nitrogens is 3. The number of nitrogens with one attached hydrogen (secondary N) is 1. The van der Waals surface area contributed by atoms with Gasteiger partial charge in [0.2, 0.25) is 0 Å². The highest BCUT2D eigenvalue weighted by atomic mass is 35.5. The van der Waals surface area contributed by atoms with Gasteiger partial charge >= 0.3 is 0 Å². The first-order valence-electron chi connectivity index (χ1n) is 9.28. The van der Waals surface area contributed by atoms with Crippen LogP contribution < -0.4 is 9.62 Å². The monoisotopic (exact) mass is 455 g/mol. The lowest BCUT2D eigenvalue weighted by Crippen LogP contribution is -2.27. The molecule has 2 aromatic heterocycles. The number of sulfonamides is 1. The van der Waals surface area contributed by atoms with Crippen molar-refractivity contribution in [2.45, 2.75) is 11.4 Å². The number of hydrogen-bond donors (Lipinski definition) is 1. The molecule has 0 spiro atoms. The number of halogens is 1. The minimum atomic E-state index is -3.88. The van der Waals surface area contributed by atoms with Crippen molar-refractivity contribution in [2.24, 2.45) is 0 Å². The van der Waals surface area contributed by atoms with Crippen LogP contribution >= 0.6 is 11.6 Å². The summed E-state index contributed by atoms with van der Waals surface area (Å²) >= 11 is 5.98. The van der Waals surface area contributed by atoms with Gasteiger partial charge in [-0.3, -0.25) is 13.5 Å². The highest BCUT2D eigenvalue weighted by Gasteiger charge is 2.22. The van der Waals surface area contributed by atoms with Crippen molar-refractivity contribution in [1.82, 2.24) is 19.9 Å². The highest BCUT2D eigenvalue weighted by molar-refractivity contribution is 7.92. The Labute approximate surface area is 184 Å². The van der Waals surface area contributed by atoms with Crippen molar-refractivity contribution in [2.75, 3.05) is 11.4 Å². The molecule has 4 rings (SSSR count). The number of anilines is 1. The molecule has 1 amide bonds. The zero-order chi connectivity index (χ0) is 22.0. The topological polar surface area (TPSA) is 96.7 Å². The molecule has 0 bridgehead atoms. The lowest BCUT2D eigenvalue weighted by Gasteiger charge is -2.20. The molecule has 0 atom stereocenters. The second-order valence-corrected chi connectivity index (χ2v) is 9.11. The third-order valence-electron chi connectivity index (χ3n) is 4.72. The van der Waals surface area contributed by atoms with Crippen LogP contribution in [0.5, 0.6) is 0 Å². The SMILES string of the molecule is CN(c1cccc(Cl)c1)S(=O)(=O)c1cccc(C(=O)NCc2nnc3ccccn23)c1. The van der Waals surface area contributed by atoms with Crippen LogP contribution in [0.4, 0.5) is 5.69 Å². The lowest BCUT2D eigenvalue weighted by atomic mass is 10.2. The molecule has 2 aromatic carbocycles. The summed E-state index contributed by atoms with van der Waals surface area (Å²) in [6, 6.07) is 17.9. The molecule has 158 valence electrons. The van der Waals surface area contributed by atoms with Crippen molar-refractivity contribution < 1.29 is 13.2 Å². The molecule has 0 aliphatic rings. The summed E-state index contributed by atoms with van der Waals surface area (Å²) in [4.78, 5) is 12.6. The molecule has 2 heterocycles. The second-order valence-electron chi connectivity index (χ2n) is 6.71. The maximum Gasteiger partial charge on any atom is 0.264 e. The van der Waals surface area contributed by atoms with Crippen molar-refractivity contribution in [1.29, 1.82) is 0 Å². The third-order valence-corrected chi connectivity index (χ3v) is 6.73. The fourth-order valence-corrected chi connectivity index (χ4v) is 4.46. The Balaban J connectivity index is 1.54. The number of amides is 1. The zero-order valence-electron chi connectivity index (χ0n) is 16.4. The van der Waals surface area contributed by atoms with E-state index in [1.807, 2.05) is 18.2 Å². The molecule has 4 aromatic rings. The first-order chi connectivity index (χ1) is 14.9. The molecule has 0 saturated heterocycles. The molecule has 10 heteroatoms. The summed E-state index contributed by atoms with van der Waals surface area (Å²) in [6.45, 7) is 0.142. The Morgan fingerprint density at radius 1 is 1.06 bits per heavy atom. The number of rotatable bonds is 6. The average molecular weight is 456 g/mol. The number of pyridine rings is 1. The predicted molar refractivity (Wildman–Crippen MR) is 118 cm³/mol. The molecule has 0 fully saturated rings. The Morgan fingerprint density at radius 2 is 1.87 bits per heavy atom. The van der Waals surface area contributed by atoms with Gasteiger partial charge in [-0.2, -0.15) is 0 Å². The van der Waals surface area contributed by atoms with Crippen molar-refractivity contribution >= 4 is 38.9 Å². The van der Waals surface area contributed by atoms with Gasteiger partial charge in [-0.05, 0) is 48.5 Å². The van der Waals surface area contributed by atoms with E-state index in [0.717, 1.165) is 4.31 Å². The van der Waals surface area contributed by atoms with E-state index < -0.39 is 15.9 Å². The van der Waals surface area contributed by atoms with Gasteiger partial charge in [0.1, 0.15) is 0 Å². The molecule has 0 aliphatic carbocycles. The largest absolute Gasteiger partial charge is 0.345 e. The van der Waals surface area contributed by atoms with E-state index in [4.69, 9.17) is 11.6 Å². The van der Waals surface area contributed by atoms with Gasteiger partial charge in [-0.25, -0.2) is 8.42 Å². The standard InChI is InChI=1S/C21H18ClN5O3S/c1-26(17-8-5-7-16(22)13-17)31(29,30)18-9-4-6-15(12-18)21(28)23-14-20-25-24-19-10-2-3-11-27(19)20/h2-13H,14H2,1H3,(H,23,28). The van der Waals surface area contributed by atoms with Gasteiger partial charge in [0, 0.05) is 23.8 Å². The fraction of sp³-hybridized carbons (Fsp3) is 0.0952. The van der Waals surface area contributed by atoms with Crippen LogP contribution in [-0.2, 0) is 16.6 Å². The molecule has 1 N–H and O–H groups in total. The molecule has 31 heavy (non-hydrogen) atoms. The maximum atomic E-state index is 13.0. The summed E-state index contributed by atoms with van der Waals surface area (Å²) in [6.07, 6.45) is 1.80. The van der Waals surface area contributed by atoms with Crippen LogP contribution in [0.1, 0.15) is 16.2 Å². The Bertz CT molecular complexity index is 1370. The third kappa shape index (κ3) is 4.23. The molecule has 0 saturated carbocycles. The minimum Gasteiger partial charge on any atom is -0.345 e. The highest BCUT2D eigenvalue weighted by Crippen LogP contribution is 2.25. The maximum absolute atomic E-state index is 13.0. The summed E-state index contributed by atoms with van der Waals surface area (Å²) in [5.41, 5.74) is 1.30. The lowest BCUT2D eigenvalue weighted by molar-refractivity contribution is 0.0949. The molecule has 0 radical (unpaired) electrons. The van der Waals surface area contributed by atoms with Crippen molar-refractivity contribution in [3.05, 3.63) is 89.3 Å². The molecular weight excluding hydrogens is 438 g/mol. The summed E-state index contributed by atoms with van der Waals surface area (Å²) < 4.78 is 29.0. The van der Waals surface area contributed by atoms with Gasteiger partial charge in [0.15, 0.2) is 11.5 Å². The zero-order valence-corrected chi connectivity index (χ0v) is 18.0. The van der Waals surface area contributed by atoms with E-state index in [1.165, 1.54) is 25.2 Å². The van der Waals surface area contributed by atoms with Gasteiger partial charge in [0.25, 0.3) is 15.9 Å². The van der Waals surface area contributed by atoms with Crippen LogP contribution in [0.15, 0.2) is 77.8 Å². The summed E-state index contributed by atoms with van der Waals surface area (Å²) in [5, 5.41) is 11.3. The predicted octanol–water partition coefficient (Wildman–Crippen LogP) is 3.14. The van der Waals surface area contributed by atoms with Gasteiger partial charge in [-0.1, -0.05) is 29.8 Å². The van der Waals surface area contributed by atoms with E-state index in [0.29, 0.717) is 22.2 Å². The van der Waals surface area contributed by atoms with Crippen LogP contribution in [0.2, 0.25) is 5.02 Å². The molecule has 8 nitrogen and oxygen atoms in total. The molecule has 0 aliphatic heterocycles. The number of carbonyl (C=O) groups excluding carboxylic acids is 1. The van der Waals surface area contributed by atoms with E-state index >= 15 is 0 Å². The Hall–Kier alpha value is -3.43. The Morgan fingerprint density at radius 3 is 2.68 bits per heavy atom. The summed E-state index contributed by atoms with van der Waals surface area (Å²) in [5.74, 6) is 0.142. The van der Waals surface area contributed by atoms with Gasteiger partial charge in [0.05, 0.1) is 17.1 Å². The number of hydrogen-bond acceptors (Lipinski definition) is 5. The van der Waals surface area contributed by atoms with E-state index in [1.54, 1.807) is 40.9 Å². The molecular formula is C21H18ClN5O3S. The minimum absolute atomic E-state index is 0.00412. The van der Waals surface area contributed by atoms with Crippen molar-refractivity contribution in [3.63, 3.8) is 0 Å². The van der Waals surface area contributed by atoms with Crippen LogP contribution in [0.3, 0.4) is 0 Å². The number of fused-ring (bicyclic) bond motifs is 1. The molecule has 0 unspecified atom stereocenters. The van der Waals surface area contributed by atoms with E-state index in [-0.39, 0.29) is 17.0 Å². The first-order valence-corrected chi connectivity index (χ1v) is 11.1.